The summed E-state index contributed by atoms with van der Waals surface area (Å²) in [6.45, 7) is 11.9. The summed E-state index contributed by atoms with van der Waals surface area (Å²) in [6, 6.07) is 14.9. The number of likely N-dealkylation sites (tertiary alicyclic amines) is 1. The molecule has 0 bridgehead atoms. The molecule has 2 heterocycles. The number of nitrogens with one attached hydrogen (secondary N) is 2. The molecule has 33 heavy (non-hydrogen) atoms. The number of rotatable bonds is 6. The van der Waals surface area contributed by atoms with Crippen molar-refractivity contribution < 1.29 is 0 Å². The number of aromatic amines is 1. The third-order valence-corrected chi connectivity index (χ3v) is 7.06. The van der Waals surface area contributed by atoms with Crippen LogP contribution in [0.2, 0.25) is 0 Å². The maximum Gasteiger partial charge on any atom is 0.253 e. The second-order valence-corrected chi connectivity index (χ2v) is 9.65. The number of fused-ring (bicyclic) bond motifs is 1. The quantitative estimate of drug-likeness (QED) is 0.497. The minimum atomic E-state index is -0.0496. The van der Waals surface area contributed by atoms with Crippen LogP contribution in [0.3, 0.4) is 0 Å². The molecule has 0 radical (unpaired) electrons. The van der Waals surface area contributed by atoms with Crippen LogP contribution in [0, 0.1) is 20.8 Å². The molecular formula is C27H34N4OS. The third kappa shape index (κ3) is 5.45. The van der Waals surface area contributed by atoms with Crippen LogP contribution in [0.5, 0.6) is 0 Å². The van der Waals surface area contributed by atoms with E-state index in [4.69, 9.17) is 12.2 Å². The van der Waals surface area contributed by atoms with Crippen LogP contribution in [0.4, 0.5) is 5.69 Å². The molecule has 1 aliphatic heterocycles. The molecule has 174 valence electrons. The fourth-order valence-corrected chi connectivity index (χ4v) is 4.99. The Morgan fingerprint density at radius 1 is 1.15 bits per heavy atom. The normalized spacial score (nSPS) is 16.3. The van der Waals surface area contributed by atoms with Crippen LogP contribution in [-0.4, -0.2) is 45.6 Å². The molecule has 0 unspecified atom stereocenters. The first-order valence-electron chi connectivity index (χ1n) is 11.8. The van der Waals surface area contributed by atoms with E-state index in [1.54, 1.807) is 0 Å². The number of H-pyrrole nitrogens is 1. The molecule has 6 heteroatoms. The summed E-state index contributed by atoms with van der Waals surface area (Å²) in [5, 5.41) is 5.17. The van der Waals surface area contributed by atoms with Crippen LogP contribution in [0.25, 0.3) is 10.9 Å². The fourth-order valence-electron chi connectivity index (χ4n) is 4.74. The number of anilines is 1. The molecule has 0 amide bonds. The average molecular weight is 463 g/mol. The molecule has 4 rings (SSSR count). The fraction of sp³-hybridized carbons (Fsp3) is 0.407. The number of hydrogen-bond acceptors (Lipinski definition) is 3. The van der Waals surface area contributed by atoms with Crippen LogP contribution < -0.4 is 10.9 Å². The number of thiocarbonyl (C=S) groups is 1. The topological polar surface area (TPSA) is 51.4 Å². The minimum Gasteiger partial charge on any atom is -0.343 e. The summed E-state index contributed by atoms with van der Waals surface area (Å²) < 4.78 is 0. The van der Waals surface area contributed by atoms with Crippen molar-refractivity contribution in [1.82, 2.24) is 14.8 Å². The molecular weight excluding hydrogens is 428 g/mol. The number of benzene rings is 2. The Kier molecular flexibility index (Phi) is 7.15. The second-order valence-electron chi connectivity index (χ2n) is 9.27. The zero-order chi connectivity index (χ0) is 23.5. The number of aromatic nitrogens is 1. The third-order valence-electron chi connectivity index (χ3n) is 6.70. The van der Waals surface area contributed by atoms with Crippen molar-refractivity contribution >= 4 is 33.9 Å². The van der Waals surface area contributed by atoms with Gasteiger partial charge in [0.05, 0.1) is 6.54 Å². The van der Waals surface area contributed by atoms with Crippen LogP contribution in [0.1, 0.15) is 42.0 Å². The van der Waals surface area contributed by atoms with Crippen molar-refractivity contribution in [2.45, 2.75) is 53.1 Å². The summed E-state index contributed by atoms with van der Waals surface area (Å²) in [5.41, 5.74) is 6.05. The molecule has 0 spiro atoms. The van der Waals surface area contributed by atoms with Crippen LogP contribution in [-0.2, 0) is 6.54 Å². The molecule has 1 fully saturated rings. The molecule has 0 saturated carbocycles. The highest BCUT2D eigenvalue weighted by Crippen LogP contribution is 2.22. The van der Waals surface area contributed by atoms with Crippen molar-refractivity contribution in [3.05, 3.63) is 75.1 Å². The van der Waals surface area contributed by atoms with E-state index in [0.29, 0.717) is 17.7 Å². The van der Waals surface area contributed by atoms with Gasteiger partial charge in [0.1, 0.15) is 0 Å². The number of likely N-dealkylation sites (N-methyl/N-ethyl adjacent to an activating group) is 1. The molecule has 1 saturated heterocycles. The molecule has 1 atom stereocenters. The number of hydrogen-bond donors (Lipinski definition) is 2. The van der Waals surface area contributed by atoms with Crippen molar-refractivity contribution in [2.75, 3.05) is 25.0 Å². The Balaban J connectivity index is 1.63. The zero-order valence-corrected chi connectivity index (χ0v) is 20.9. The van der Waals surface area contributed by atoms with Gasteiger partial charge in [-0.2, -0.15) is 0 Å². The molecule has 3 aromatic rings. The van der Waals surface area contributed by atoms with Gasteiger partial charge in [-0.25, -0.2) is 0 Å². The standard InChI is InChI=1S/C27H34N4OS/c1-5-30-12-6-7-23(30)17-31(27(33)29-24-13-18(2)8-10-20(24)4)16-22-15-21-11-9-19(3)14-25(21)28-26(22)32/h8-11,13-15,23H,5-7,12,16-17H2,1-4H3,(H,28,32)(H,29,33)/t23-/m1/s1. The Morgan fingerprint density at radius 2 is 1.91 bits per heavy atom. The van der Waals surface area contributed by atoms with Gasteiger partial charge in [-0.3, -0.25) is 9.69 Å². The monoisotopic (exact) mass is 462 g/mol. The SMILES string of the molecule is CCN1CCC[C@@H]1CN(Cc1cc2ccc(C)cc2[nH]c1=O)C(=S)Nc1cc(C)ccc1C. The average Bonchev–Trinajstić information content (AvgIpc) is 3.23. The molecule has 0 aliphatic carbocycles. The van der Waals surface area contributed by atoms with Gasteiger partial charge in [0.25, 0.3) is 5.56 Å². The molecule has 2 N–H and O–H groups in total. The van der Waals surface area contributed by atoms with Crippen LogP contribution >= 0.6 is 12.2 Å². The lowest BCUT2D eigenvalue weighted by atomic mass is 10.1. The summed E-state index contributed by atoms with van der Waals surface area (Å²) >= 11 is 5.91. The molecule has 1 aliphatic rings. The minimum absolute atomic E-state index is 0.0496. The lowest BCUT2D eigenvalue weighted by Crippen LogP contribution is -2.45. The molecule has 1 aromatic heterocycles. The van der Waals surface area contributed by atoms with E-state index < -0.39 is 0 Å². The predicted molar refractivity (Wildman–Crippen MR) is 142 cm³/mol. The summed E-state index contributed by atoms with van der Waals surface area (Å²) in [6.07, 6.45) is 2.36. The van der Waals surface area contributed by atoms with E-state index >= 15 is 0 Å². The zero-order valence-electron chi connectivity index (χ0n) is 20.1. The highest BCUT2D eigenvalue weighted by atomic mass is 32.1. The highest BCUT2D eigenvalue weighted by molar-refractivity contribution is 7.80. The first kappa shape index (κ1) is 23.5. The van der Waals surface area contributed by atoms with Gasteiger partial charge >= 0.3 is 0 Å². The van der Waals surface area contributed by atoms with Gasteiger partial charge in [-0.05, 0) is 99.2 Å². The maximum atomic E-state index is 13.0. The van der Waals surface area contributed by atoms with Crippen molar-refractivity contribution in [3.8, 4) is 0 Å². The van der Waals surface area contributed by atoms with Crippen molar-refractivity contribution in [2.24, 2.45) is 0 Å². The first-order valence-corrected chi connectivity index (χ1v) is 12.2. The van der Waals surface area contributed by atoms with Crippen molar-refractivity contribution in [3.63, 3.8) is 0 Å². The highest BCUT2D eigenvalue weighted by Gasteiger charge is 2.27. The Labute approximate surface area is 201 Å². The Morgan fingerprint density at radius 3 is 2.70 bits per heavy atom. The van der Waals surface area contributed by atoms with E-state index in [9.17, 15) is 4.79 Å². The summed E-state index contributed by atoms with van der Waals surface area (Å²) in [5.74, 6) is 0. The number of nitrogens with zero attached hydrogens (tertiary/aromatic N) is 2. The first-order chi connectivity index (χ1) is 15.8. The van der Waals surface area contributed by atoms with Gasteiger partial charge in [-0.15, -0.1) is 0 Å². The molecule has 2 aromatic carbocycles. The summed E-state index contributed by atoms with van der Waals surface area (Å²) in [4.78, 5) is 20.7. The van der Waals surface area contributed by atoms with Crippen molar-refractivity contribution in [1.29, 1.82) is 0 Å². The second kappa shape index (κ2) is 10.1. The van der Waals surface area contributed by atoms with Gasteiger partial charge in [0.2, 0.25) is 0 Å². The largest absolute Gasteiger partial charge is 0.343 e. The Hall–Kier alpha value is -2.70. The van der Waals surface area contributed by atoms with E-state index in [-0.39, 0.29) is 5.56 Å². The predicted octanol–water partition coefficient (Wildman–Crippen LogP) is 5.14. The Bertz CT molecular complexity index is 1220. The van der Waals surface area contributed by atoms with Gasteiger partial charge < -0.3 is 15.2 Å². The lowest BCUT2D eigenvalue weighted by Gasteiger charge is -2.32. The van der Waals surface area contributed by atoms with Gasteiger partial charge in [0, 0.05) is 29.4 Å². The van der Waals surface area contributed by atoms with Crippen LogP contribution in [0.15, 0.2) is 47.3 Å². The number of pyridine rings is 1. The maximum absolute atomic E-state index is 13.0. The van der Waals surface area contributed by atoms with E-state index in [2.05, 4.69) is 71.2 Å². The summed E-state index contributed by atoms with van der Waals surface area (Å²) in [7, 11) is 0. The molecule has 5 nitrogen and oxygen atoms in total. The van der Waals surface area contributed by atoms with E-state index in [0.717, 1.165) is 59.3 Å². The lowest BCUT2D eigenvalue weighted by molar-refractivity contribution is 0.221. The van der Waals surface area contributed by atoms with E-state index in [1.165, 1.54) is 12.0 Å². The number of aryl methyl sites for hydroxylation is 3. The van der Waals surface area contributed by atoms with Gasteiger partial charge in [-0.1, -0.05) is 31.2 Å². The van der Waals surface area contributed by atoms with Gasteiger partial charge in [0.15, 0.2) is 5.11 Å². The van der Waals surface area contributed by atoms with E-state index in [1.807, 2.05) is 19.1 Å². The smallest absolute Gasteiger partial charge is 0.253 e.